The molecule has 0 heterocycles. The second kappa shape index (κ2) is 4.89. The fourth-order valence-corrected chi connectivity index (χ4v) is 2.18. The lowest BCUT2D eigenvalue weighted by atomic mass is 9.78. The number of rotatable bonds is 3. The van der Waals surface area contributed by atoms with E-state index in [9.17, 15) is 8.78 Å². The van der Waals surface area contributed by atoms with Crippen LogP contribution in [-0.2, 0) is 0 Å². The van der Waals surface area contributed by atoms with E-state index in [-0.39, 0.29) is 5.92 Å². The molecule has 1 aliphatic rings. The fourth-order valence-electron chi connectivity index (χ4n) is 2.18. The lowest BCUT2D eigenvalue weighted by molar-refractivity contribution is 0.0182. The predicted octanol–water partition coefficient (Wildman–Crippen LogP) is 2.67. The molecule has 0 aromatic rings. The van der Waals surface area contributed by atoms with Crippen LogP contribution in [0.25, 0.3) is 0 Å². The molecule has 3 atom stereocenters. The molecule has 0 saturated heterocycles. The van der Waals surface area contributed by atoms with Gasteiger partial charge in [0.2, 0.25) is 6.43 Å². The van der Waals surface area contributed by atoms with Gasteiger partial charge in [-0.1, -0.05) is 13.8 Å². The van der Waals surface area contributed by atoms with Crippen LogP contribution in [0.2, 0.25) is 0 Å². The average Bonchev–Trinajstić information content (AvgIpc) is 2.08. The van der Waals surface area contributed by atoms with Gasteiger partial charge in [0.1, 0.15) is 0 Å². The Labute approximate surface area is 78.9 Å². The number of nitrogens with one attached hydrogen (secondary N) is 1. The summed E-state index contributed by atoms with van der Waals surface area (Å²) in [4.78, 5) is 0. The quantitative estimate of drug-likeness (QED) is 0.723. The van der Waals surface area contributed by atoms with Gasteiger partial charge in [-0.05, 0) is 31.7 Å². The van der Waals surface area contributed by atoms with Crippen molar-refractivity contribution in [2.45, 2.75) is 45.6 Å². The molecule has 3 heteroatoms. The lowest BCUT2D eigenvalue weighted by Crippen LogP contribution is -2.39. The molecule has 0 radical (unpaired) electrons. The first kappa shape index (κ1) is 10.9. The topological polar surface area (TPSA) is 12.0 Å². The molecule has 13 heavy (non-hydrogen) atoms. The average molecular weight is 191 g/mol. The van der Waals surface area contributed by atoms with Crippen molar-refractivity contribution in [3.63, 3.8) is 0 Å². The Morgan fingerprint density at radius 1 is 1.38 bits per heavy atom. The molecule has 0 spiro atoms. The predicted molar refractivity (Wildman–Crippen MR) is 50.0 cm³/mol. The van der Waals surface area contributed by atoms with E-state index in [2.05, 4.69) is 5.32 Å². The molecule has 1 aliphatic carbocycles. The third-order valence-electron chi connectivity index (χ3n) is 3.07. The van der Waals surface area contributed by atoms with Crippen molar-refractivity contribution in [2.24, 2.45) is 11.8 Å². The molecule has 1 rings (SSSR count). The highest BCUT2D eigenvalue weighted by atomic mass is 19.3. The third-order valence-corrected chi connectivity index (χ3v) is 3.07. The van der Waals surface area contributed by atoms with Gasteiger partial charge in [0.05, 0.1) is 0 Å². The summed E-state index contributed by atoms with van der Waals surface area (Å²) in [6, 6.07) is 0.320. The summed E-state index contributed by atoms with van der Waals surface area (Å²) < 4.78 is 25.1. The minimum absolute atomic E-state index is 0.190. The molecule has 0 aromatic carbocycles. The Morgan fingerprint density at radius 2 is 2.08 bits per heavy atom. The zero-order valence-electron chi connectivity index (χ0n) is 8.39. The molecular formula is C10H19F2N. The molecular weight excluding hydrogens is 172 g/mol. The summed E-state index contributed by atoms with van der Waals surface area (Å²) in [6.45, 7) is 4.85. The molecule has 1 saturated carbocycles. The van der Waals surface area contributed by atoms with Gasteiger partial charge in [0.25, 0.3) is 0 Å². The van der Waals surface area contributed by atoms with Crippen molar-refractivity contribution in [1.29, 1.82) is 0 Å². The van der Waals surface area contributed by atoms with E-state index in [1.165, 1.54) is 0 Å². The molecule has 0 aliphatic heterocycles. The van der Waals surface area contributed by atoms with Crippen molar-refractivity contribution in [1.82, 2.24) is 5.32 Å². The maximum Gasteiger partial charge on any atom is 0.241 e. The minimum atomic E-state index is -2.14. The summed E-state index contributed by atoms with van der Waals surface area (Å²) in [5.41, 5.74) is 0. The molecule has 0 bridgehead atoms. The molecule has 1 nitrogen and oxygen atoms in total. The summed E-state index contributed by atoms with van der Waals surface area (Å²) in [6.07, 6.45) is 0.494. The summed E-state index contributed by atoms with van der Waals surface area (Å²) in [5, 5.41) is 3.26. The summed E-state index contributed by atoms with van der Waals surface area (Å²) in [5.74, 6) is -0.201. The van der Waals surface area contributed by atoms with Crippen molar-refractivity contribution >= 4 is 0 Å². The van der Waals surface area contributed by atoms with E-state index in [1.54, 1.807) is 0 Å². The van der Waals surface area contributed by atoms with Crippen LogP contribution in [0.15, 0.2) is 0 Å². The van der Waals surface area contributed by atoms with Gasteiger partial charge in [0.15, 0.2) is 0 Å². The molecule has 1 N–H and O–H groups in total. The molecule has 1 fully saturated rings. The second-order valence-corrected chi connectivity index (χ2v) is 4.04. The minimum Gasteiger partial charge on any atom is -0.314 e. The lowest BCUT2D eigenvalue weighted by Gasteiger charge is -2.34. The second-order valence-electron chi connectivity index (χ2n) is 4.04. The van der Waals surface area contributed by atoms with E-state index < -0.39 is 12.3 Å². The van der Waals surface area contributed by atoms with Gasteiger partial charge in [-0.15, -0.1) is 0 Å². The van der Waals surface area contributed by atoms with Crippen LogP contribution >= 0.6 is 0 Å². The zero-order chi connectivity index (χ0) is 9.84. The first-order valence-corrected chi connectivity index (χ1v) is 5.16. The van der Waals surface area contributed by atoms with Crippen molar-refractivity contribution in [3.8, 4) is 0 Å². The summed E-state index contributed by atoms with van der Waals surface area (Å²) >= 11 is 0. The molecule has 0 aromatic heterocycles. The monoisotopic (exact) mass is 191 g/mol. The van der Waals surface area contributed by atoms with E-state index in [0.717, 1.165) is 19.4 Å². The third kappa shape index (κ3) is 2.90. The number of halogens is 2. The molecule has 78 valence electrons. The van der Waals surface area contributed by atoms with Gasteiger partial charge < -0.3 is 5.32 Å². The van der Waals surface area contributed by atoms with Crippen molar-refractivity contribution < 1.29 is 8.78 Å². The van der Waals surface area contributed by atoms with E-state index in [4.69, 9.17) is 0 Å². The Hall–Kier alpha value is -0.180. The fraction of sp³-hybridized carbons (Fsp3) is 1.00. The van der Waals surface area contributed by atoms with Gasteiger partial charge in [0, 0.05) is 12.0 Å². The summed E-state index contributed by atoms with van der Waals surface area (Å²) in [7, 11) is 0. The van der Waals surface area contributed by atoms with Gasteiger partial charge in [-0.2, -0.15) is 0 Å². The Bertz CT molecular complexity index is 150. The highest BCUT2D eigenvalue weighted by molar-refractivity contribution is 4.82. The van der Waals surface area contributed by atoms with Gasteiger partial charge in [-0.25, -0.2) is 8.78 Å². The maximum absolute atomic E-state index is 12.6. The first-order chi connectivity index (χ1) is 6.15. The highest BCUT2D eigenvalue weighted by Crippen LogP contribution is 2.33. The molecule has 0 amide bonds. The number of alkyl halides is 2. The standard InChI is InChI=1S/C10H19F2N/c1-3-13-8-5-4-7(2)9(6-8)10(11)12/h7-10,13H,3-6H2,1-2H3. The van der Waals surface area contributed by atoms with E-state index >= 15 is 0 Å². The van der Waals surface area contributed by atoms with Crippen LogP contribution in [0.5, 0.6) is 0 Å². The van der Waals surface area contributed by atoms with Crippen LogP contribution in [-0.4, -0.2) is 19.0 Å². The SMILES string of the molecule is CCNC1CCC(C)C(C(F)F)C1. The Morgan fingerprint density at radius 3 is 2.62 bits per heavy atom. The van der Waals surface area contributed by atoms with Gasteiger partial charge >= 0.3 is 0 Å². The van der Waals surface area contributed by atoms with Crippen LogP contribution in [0.1, 0.15) is 33.1 Å². The Balaban J connectivity index is 2.43. The largest absolute Gasteiger partial charge is 0.314 e. The van der Waals surface area contributed by atoms with E-state index in [1.807, 2.05) is 13.8 Å². The van der Waals surface area contributed by atoms with E-state index in [0.29, 0.717) is 12.5 Å². The maximum atomic E-state index is 12.6. The highest BCUT2D eigenvalue weighted by Gasteiger charge is 2.33. The zero-order valence-corrected chi connectivity index (χ0v) is 8.39. The van der Waals surface area contributed by atoms with Crippen LogP contribution in [0.3, 0.4) is 0 Å². The number of hydrogen-bond donors (Lipinski definition) is 1. The number of hydrogen-bond acceptors (Lipinski definition) is 1. The first-order valence-electron chi connectivity index (χ1n) is 5.16. The van der Waals surface area contributed by atoms with Crippen LogP contribution in [0.4, 0.5) is 8.78 Å². The normalized spacial score (nSPS) is 35.3. The van der Waals surface area contributed by atoms with Crippen molar-refractivity contribution in [3.05, 3.63) is 0 Å². The Kier molecular flexibility index (Phi) is 4.10. The molecule has 3 unspecified atom stereocenters. The van der Waals surface area contributed by atoms with Crippen LogP contribution < -0.4 is 5.32 Å². The van der Waals surface area contributed by atoms with Crippen molar-refractivity contribution in [2.75, 3.05) is 6.54 Å². The van der Waals surface area contributed by atoms with Gasteiger partial charge in [-0.3, -0.25) is 0 Å². The van der Waals surface area contributed by atoms with Crippen LogP contribution in [0, 0.1) is 11.8 Å². The smallest absolute Gasteiger partial charge is 0.241 e.